The number of urea groups is 1. The SMILES string of the molecule is CNC(=O)NC(=O)C(C)N(C)CC(C)C(N)=S. The highest BCUT2D eigenvalue weighted by Crippen LogP contribution is 2.03. The molecule has 0 aromatic heterocycles. The van der Waals surface area contributed by atoms with E-state index >= 15 is 0 Å². The fraction of sp³-hybridized carbons (Fsp3) is 0.700. The molecule has 0 fully saturated rings. The zero-order valence-electron chi connectivity index (χ0n) is 10.6. The van der Waals surface area contributed by atoms with Gasteiger partial charge in [0.1, 0.15) is 0 Å². The van der Waals surface area contributed by atoms with Crippen LogP contribution in [0.5, 0.6) is 0 Å². The monoisotopic (exact) mass is 260 g/mol. The summed E-state index contributed by atoms with van der Waals surface area (Å²) < 4.78 is 0. The van der Waals surface area contributed by atoms with Crippen molar-refractivity contribution in [3.05, 3.63) is 0 Å². The van der Waals surface area contributed by atoms with Gasteiger partial charge in [-0.15, -0.1) is 0 Å². The number of hydrogen-bond donors (Lipinski definition) is 3. The third kappa shape index (κ3) is 5.60. The quantitative estimate of drug-likeness (QED) is 0.590. The summed E-state index contributed by atoms with van der Waals surface area (Å²) in [5.41, 5.74) is 5.50. The average Bonchev–Trinajstić information content (AvgIpc) is 2.27. The summed E-state index contributed by atoms with van der Waals surface area (Å²) in [4.78, 5) is 24.8. The summed E-state index contributed by atoms with van der Waals surface area (Å²) >= 11 is 4.86. The second kappa shape index (κ2) is 7.18. The van der Waals surface area contributed by atoms with Crippen LogP contribution >= 0.6 is 12.2 Å². The molecule has 2 unspecified atom stereocenters. The van der Waals surface area contributed by atoms with E-state index in [1.165, 1.54) is 7.05 Å². The van der Waals surface area contributed by atoms with Crippen molar-refractivity contribution in [2.24, 2.45) is 11.7 Å². The van der Waals surface area contributed by atoms with Crippen LogP contribution in [0.3, 0.4) is 0 Å². The lowest BCUT2D eigenvalue weighted by Crippen LogP contribution is -2.49. The highest BCUT2D eigenvalue weighted by atomic mass is 32.1. The van der Waals surface area contributed by atoms with Crippen molar-refractivity contribution in [3.8, 4) is 0 Å². The molecule has 0 bridgehead atoms. The van der Waals surface area contributed by atoms with Crippen molar-refractivity contribution >= 4 is 29.1 Å². The molecule has 0 aromatic carbocycles. The Morgan fingerprint density at radius 1 is 1.41 bits per heavy atom. The van der Waals surface area contributed by atoms with E-state index in [1.54, 1.807) is 18.9 Å². The number of hydrogen-bond acceptors (Lipinski definition) is 4. The summed E-state index contributed by atoms with van der Waals surface area (Å²) in [7, 11) is 3.23. The number of nitrogens with zero attached hydrogens (tertiary/aromatic N) is 1. The summed E-state index contributed by atoms with van der Waals surface area (Å²) in [5.74, 6) is -0.341. The molecule has 98 valence electrons. The predicted molar refractivity (Wildman–Crippen MR) is 70.6 cm³/mol. The topological polar surface area (TPSA) is 87.5 Å². The first-order valence-corrected chi connectivity index (χ1v) is 5.72. The fourth-order valence-electron chi connectivity index (χ4n) is 1.16. The van der Waals surface area contributed by atoms with Crippen molar-refractivity contribution in [2.45, 2.75) is 19.9 Å². The molecule has 4 N–H and O–H groups in total. The highest BCUT2D eigenvalue weighted by Gasteiger charge is 2.21. The fourth-order valence-corrected chi connectivity index (χ4v) is 1.23. The van der Waals surface area contributed by atoms with Gasteiger partial charge in [-0.1, -0.05) is 19.1 Å². The second-order valence-corrected chi connectivity index (χ2v) is 4.46. The minimum absolute atomic E-state index is 0.0188. The maximum absolute atomic E-state index is 11.6. The van der Waals surface area contributed by atoms with Gasteiger partial charge < -0.3 is 11.1 Å². The van der Waals surface area contributed by atoms with E-state index in [2.05, 4.69) is 10.6 Å². The Bertz CT molecular complexity index is 309. The molecule has 17 heavy (non-hydrogen) atoms. The lowest BCUT2D eigenvalue weighted by Gasteiger charge is -2.25. The van der Waals surface area contributed by atoms with Crippen LogP contribution in [-0.4, -0.2) is 48.5 Å². The predicted octanol–water partition coefficient (Wildman–Crippen LogP) is -0.315. The highest BCUT2D eigenvalue weighted by molar-refractivity contribution is 7.80. The van der Waals surface area contributed by atoms with Gasteiger partial charge in [-0.2, -0.15) is 0 Å². The summed E-state index contributed by atoms with van der Waals surface area (Å²) in [6, 6.07) is -0.943. The minimum Gasteiger partial charge on any atom is -0.393 e. The molecule has 0 aliphatic carbocycles. The number of nitrogens with one attached hydrogen (secondary N) is 2. The zero-order valence-corrected chi connectivity index (χ0v) is 11.4. The maximum Gasteiger partial charge on any atom is 0.321 e. The Labute approximate surface area is 107 Å². The van der Waals surface area contributed by atoms with E-state index in [0.717, 1.165) is 0 Å². The van der Waals surface area contributed by atoms with E-state index in [-0.39, 0.29) is 11.8 Å². The molecule has 0 aliphatic heterocycles. The summed E-state index contributed by atoms with van der Waals surface area (Å²) in [6.07, 6.45) is 0. The third-order valence-electron chi connectivity index (χ3n) is 2.55. The molecule has 0 aromatic rings. The molecule has 3 amide bonds. The van der Waals surface area contributed by atoms with Gasteiger partial charge in [0, 0.05) is 19.5 Å². The molecule has 7 heteroatoms. The van der Waals surface area contributed by atoms with E-state index in [1.807, 2.05) is 6.92 Å². The van der Waals surface area contributed by atoms with Crippen LogP contribution in [0, 0.1) is 5.92 Å². The standard InChI is InChI=1S/C10H20N4O2S/c1-6(8(11)17)5-14(4)7(2)9(15)13-10(16)12-3/h6-7H,5H2,1-4H3,(H2,11,17)(H2,12,13,15,16). The average molecular weight is 260 g/mol. The zero-order chi connectivity index (χ0) is 13.6. The van der Waals surface area contributed by atoms with Crippen molar-refractivity contribution in [1.29, 1.82) is 0 Å². The van der Waals surface area contributed by atoms with Gasteiger partial charge in [-0.3, -0.25) is 15.0 Å². The van der Waals surface area contributed by atoms with Crippen LogP contribution in [-0.2, 0) is 4.79 Å². The number of nitrogens with two attached hydrogens (primary N) is 1. The van der Waals surface area contributed by atoms with Crippen LogP contribution < -0.4 is 16.4 Å². The van der Waals surface area contributed by atoms with Crippen molar-refractivity contribution in [2.75, 3.05) is 20.6 Å². The molecular formula is C10H20N4O2S. The Hall–Kier alpha value is -1.21. The Balaban J connectivity index is 4.29. The molecule has 0 saturated carbocycles. The molecule has 0 spiro atoms. The lowest BCUT2D eigenvalue weighted by molar-refractivity contribution is -0.124. The smallest absolute Gasteiger partial charge is 0.321 e. The Morgan fingerprint density at radius 2 is 1.94 bits per heavy atom. The van der Waals surface area contributed by atoms with Gasteiger partial charge in [0.25, 0.3) is 0 Å². The van der Waals surface area contributed by atoms with Gasteiger partial charge in [-0.25, -0.2) is 4.79 Å². The number of amides is 3. The summed E-state index contributed by atoms with van der Waals surface area (Å²) in [6.45, 7) is 4.17. The number of likely N-dealkylation sites (N-methyl/N-ethyl adjacent to an activating group) is 1. The van der Waals surface area contributed by atoms with Gasteiger partial charge in [-0.05, 0) is 14.0 Å². The van der Waals surface area contributed by atoms with Crippen LogP contribution in [0.15, 0.2) is 0 Å². The van der Waals surface area contributed by atoms with Crippen molar-refractivity contribution < 1.29 is 9.59 Å². The van der Waals surface area contributed by atoms with Crippen LogP contribution in [0.25, 0.3) is 0 Å². The molecule has 0 rings (SSSR count). The van der Waals surface area contributed by atoms with Gasteiger partial charge in [0.2, 0.25) is 5.91 Å². The number of carbonyl (C=O) groups excluding carboxylic acids is 2. The van der Waals surface area contributed by atoms with Gasteiger partial charge in [0.05, 0.1) is 11.0 Å². The lowest BCUT2D eigenvalue weighted by atomic mass is 10.1. The number of carbonyl (C=O) groups is 2. The normalized spacial score (nSPS) is 13.9. The molecular weight excluding hydrogens is 240 g/mol. The molecule has 2 atom stereocenters. The van der Waals surface area contributed by atoms with E-state index in [9.17, 15) is 9.59 Å². The van der Waals surface area contributed by atoms with Crippen LogP contribution in [0.4, 0.5) is 4.79 Å². The minimum atomic E-state index is -0.516. The van der Waals surface area contributed by atoms with E-state index < -0.39 is 12.1 Å². The number of rotatable bonds is 5. The first-order chi connectivity index (χ1) is 7.79. The van der Waals surface area contributed by atoms with Gasteiger partial charge >= 0.3 is 6.03 Å². The maximum atomic E-state index is 11.6. The molecule has 0 heterocycles. The Morgan fingerprint density at radius 3 is 2.35 bits per heavy atom. The summed E-state index contributed by atoms with van der Waals surface area (Å²) in [5, 5.41) is 4.54. The van der Waals surface area contributed by atoms with Gasteiger partial charge in [0.15, 0.2) is 0 Å². The van der Waals surface area contributed by atoms with E-state index in [0.29, 0.717) is 11.5 Å². The second-order valence-electron chi connectivity index (χ2n) is 3.99. The number of imide groups is 1. The first kappa shape index (κ1) is 15.8. The van der Waals surface area contributed by atoms with Crippen molar-refractivity contribution in [1.82, 2.24) is 15.5 Å². The largest absolute Gasteiger partial charge is 0.393 e. The van der Waals surface area contributed by atoms with E-state index in [4.69, 9.17) is 18.0 Å². The van der Waals surface area contributed by atoms with Crippen molar-refractivity contribution in [3.63, 3.8) is 0 Å². The number of thiocarbonyl (C=S) groups is 1. The molecule has 0 saturated heterocycles. The molecule has 0 aliphatic rings. The Kier molecular flexibility index (Phi) is 6.67. The third-order valence-corrected chi connectivity index (χ3v) is 2.95. The molecule has 6 nitrogen and oxygen atoms in total. The van der Waals surface area contributed by atoms with Crippen LogP contribution in [0.2, 0.25) is 0 Å². The first-order valence-electron chi connectivity index (χ1n) is 5.31. The molecule has 0 radical (unpaired) electrons. The van der Waals surface area contributed by atoms with Crippen LogP contribution in [0.1, 0.15) is 13.8 Å².